The highest BCUT2D eigenvalue weighted by Crippen LogP contribution is 2.29. The van der Waals surface area contributed by atoms with Crippen LogP contribution in [0.15, 0.2) is 54.6 Å². The highest BCUT2D eigenvalue weighted by Gasteiger charge is 2.28. The molecule has 154 valence electrons. The molecule has 0 aromatic heterocycles. The summed E-state index contributed by atoms with van der Waals surface area (Å²) in [5.41, 5.74) is 0.686. The average Bonchev–Trinajstić information content (AvgIpc) is 2.72. The predicted octanol–water partition coefficient (Wildman–Crippen LogP) is 5.14. The standard InChI is InChI=1S/C24H30N2O3/c1-17-7-6-10-22(18(17)2)26-24(28)16-15-23(27)25-19-11-13-21(14-12-19)29-20-8-4-3-5-9-20/h3-5,8-9,11-14,17-18,22H,6-7,10,15-16H2,1-2H3,(H,25,27)(H,26,28)/t17-,18+,22+/m1/s1. The number of nitrogens with one attached hydrogen (secondary N) is 2. The SMILES string of the molecule is C[C@H]1[C@H](C)CCC[C@@H]1NC(=O)CCC(=O)Nc1ccc(Oc2ccccc2)cc1. The Labute approximate surface area is 172 Å². The van der Waals surface area contributed by atoms with Gasteiger partial charge in [-0.2, -0.15) is 0 Å². The van der Waals surface area contributed by atoms with E-state index in [0.29, 0.717) is 23.3 Å². The second-order valence-electron chi connectivity index (χ2n) is 7.93. The van der Waals surface area contributed by atoms with Crippen molar-refractivity contribution in [1.82, 2.24) is 5.32 Å². The van der Waals surface area contributed by atoms with Crippen LogP contribution in [0.2, 0.25) is 0 Å². The van der Waals surface area contributed by atoms with Crippen molar-refractivity contribution in [2.24, 2.45) is 11.8 Å². The molecule has 3 atom stereocenters. The normalized spacial score (nSPS) is 21.2. The van der Waals surface area contributed by atoms with Crippen molar-refractivity contribution >= 4 is 17.5 Å². The van der Waals surface area contributed by atoms with Gasteiger partial charge in [-0.25, -0.2) is 0 Å². The molecule has 29 heavy (non-hydrogen) atoms. The Bertz CT molecular complexity index is 805. The lowest BCUT2D eigenvalue weighted by molar-refractivity contribution is -0.125. The van der Waals surface area contributed by atoms with Gasteiger partial charge in [-0.05, 0) is 54.7 Å². The Morgan fingerprint density at radius 1 is 0.897 bits per heavy atom. The summed E-state index contributed by atoms with van der Waals surface area (Å²) in [4.78, 5) is 24.4. The Morgan fingerprint density at radius 3 is 2.28 bits per heavy atom. The van der Waals surface area contributed by atoms with Crippen molar-refractivity contribution in [3.8, 4) is 11.5 Å². The summed E-state index contributed by atoms with van der Waals surface area (Å²) in [7, 11) is 0. The Kier molecular flexibility index (Phi) is 7.28. The van der Waals surface area contributed by atoms with Gasteiger partial charge < -0.3 is 15.4 Å². The minimum absolute atomic E-state index is 0.0438. The highest BCUT2D eigenvalue weighted by molar-refractivity contribution is 5.93. The number of anilines is 1. The van der Waals surface area contributed by atoms with E-state index >= 15 is 0 Å². The summed E-state index contributed by atoms with van der Waals surface area (Å²) >= 11 is 0. The fraction of sp³-hybridized carbons (Fsp3) is 0.417. The van der Waals surface area contributed by atoms with Crippen LogP contribution in [0.1, 0.15) is 46.0 Å². The molecule has 1 saturated carbocycles. The number of carbonyl (C=O) groups excluding carboxylic acids is 2. The number of benzene rings is 2. The maximum absolute atomic E-state index is 12.2. The van der Waals surface area contributed by atoms with E-state index in [4.69, 9.17) is 4.74 Å². The second-order valence-corrected chi connectivity index (χ2v) is 7.93. The number of amides is 2. The van der Waals surface area contributed by atoms with E-state index in [0.717, 1.165) is 18.6 Å². The molecule has 1 aliphatic carbocycles. The summed E-state index contributed by atoms with van der Waals surface area (Å²) in [6.07, 6.45) is 3.79. The predicted molar refractivity (Wildman–Crippen MR) is 115 cm³/mol. The van der Waals surface area contributed by atoms with Gasteiger partial charge in [0.2, 0.25) is 11.8 Å². The molecule has 0 bridgehead atoms. The molecule has 3 rings (SSSR count). The van der Waals surface area contributed by atoms with E-state index in [9.17, 15) is 9.59 Å². The van der Waals surface area contributed by atoms with Crippen LogP contribution in [-0.2, 0) is 9.59 Å². The Hall–Kier alpha value is -2.82. The van der Waals surface area contributed by atoms with E-state index < -0.39 is 0 Å². The maximum Gasteiger partial charge on any atom is 0.224 e. The topological polar surface area (TPSA) is 67.4 Å². The summed E-state index contributed by atoms with van der Waals surface area (Å²) < 4.78 is 5.74. The first kappa shape index (κ1) is 20.9. The van der Waals surface area contributed by atoms with Gasteiger partial charge in [0, 0.05) is 24.6 Å². The van der Waals surface area contributed by atoms with Crippen molar-refractivity contribution < 1.29 is 14.3 Å². The number of hydrogen-bond acceptors (Lipinski definition) is 3. The zero-order valence-electron chi connectivity index (χ0n) is 17.2. The zero-order valence-corrected chi connectivity index (χ0v) is 17.2. The molecule has 0 spiro atoms. The van der Waals surface area contributed by atoms with Crippen LogP contribution >= 0.6 is 0 Å². The summed E-state index contributed by atoms with van der Waals surface area (Å²) in [6, 6.07) is 17.0. The minimum Gasteiger partial charge on any atom is -0.457 e. The quantitative estimate of drug-likeness (QED) is 0.683. The number of ether oxygens (including phenoxy) is 1. The summed E-state index contributed by atoms with van der Waals surface area (Å²) in [5.74, 6) is 2.37. The Morgan fingerprint density at radius 2 is 1.55 bits per heavy atom. The maximum atomic E-state index is 12.2. The molecule has 5 nitrogen and oxygen atoms in total. The molecule has 0 heterocycles. The molecule has 5 heteroatoms. The molecule has 1 aliphatic rings. The molecule has 2 amide bonds. The molecule has 2 N–H and O–H groups in total. The fourth-order valence-corrected chi connectivity index (χ4v) is 3.75. The van der Waals surface area contributed by atoms with E-state index in [1.807, 2.05) is 30.3 Å². The van der Waals surface area contributed by atoms with Crippen LogP contribution in [0.3, 0.4) is 0 Å². The molecule has 2 aromatic rings. The van der Waals surface area contributed by atoms with Gasteiger partial charge >= 0.3 is 0 Å². The van der Waals surface area contributed by atoms with Gasteiger partial charge in [0.25, 0.3) is 0 Å². The lowest BCUT2D eigenvalue weighted by atomic mass is 9.78. The monoisotopic (exact) mass is 394 g/mol. The minimum atomic E-state index is -0.165. The first-order valence-electron chi connectivity index (χ1n) is 10.4. The first-order valence-corrected chi connectivity index (χ1v) is 10.4. The van der Waals surface area contributed by atoms with E-state index in [1.165, 1.54) is 6.42 Å². The van der Waals surface area contributed by atoms with E-state index in [2.05, 4.69) is 24.5 Å². The van der Waals surface area contributed by atoms with Crippen LogP contribution in [0, 0.1) is 11.8 Å². The first-order chi connectivity index (χ1) is 14.0. The Balaban J connectivity index is 1.41. The molecule has 0 unspecified atom stereocenters. The number of rotatable bonds is 7. The van der Waals surface area contributed by atoms with Crippen molar-refractivity contribution in [1.29, 1.82) is 0 Å². The molecule has 0 aliphatic heterocycles. The molecule has 0 radical (unpaired) electrons. The summed E-state index contributed by atoms with van der Waals surface area (Å²) in [5, 5.41) is 5.95. The van der Waals surface area contributed by atoms with Crippen LogP contribution in [-0.4, -0.2) is 17.9 Å². The van der Waals surface area contributed by atoms with Crippen molar-refractivity contribution in [2.45, 2.75) is 52.0 Å². The molecule has 0 saturated heterocycles. The van der Waals surface area contributed by atoms with Crippen molar-refractivity contribution in [2.75, 3.05) is 5.32 Å². The van der Waals surface area contributed by atoms with Crippen LogP contribution in [0.4, 0.5) is 5.69 Å². The molecule has 1 fully saturated rings. The van der Waals surface area contributed by atoms with Crippen molar-refractivity contribution in [3.63, 3.8) is 0 Å². The van der Waals surface area contributed by atoms with E-state index in [-0.39, 0.29) is 30.7 Å². The van der Waals surface area contributed by atoms with Gasteiger partial charge in [-0.1, -0.05) is 44.9 Å². The van der Waals surface area contributed by atoms with Gasteiger partial charge in [0.15, 0.2) is 0 Å². The lowest BCUT2D eigenvalue weighted by Gasteiger charge is -2.34. The third kappa shape index (κ3) is 6.34. The average molecular weight is 395 g/mol. The molecule has 2 aromatic carbocycles. The van der Waals surface area contributed by atoms with Gasteiger partial charge in [0.05, 0.1) is 0 Å². The van der Waals surface area contributed by atoms with Gasteiger partial charge in [-0.15, -0.1) is 0 Å². The van der Waals surface area contributed by atoms with Crippen LogP contribution < -0.4 is 15.4 Å². The third-order valence-corrected chi connectivity index (χ3v) is 5.75. The van der Waals surface area contributed by atoms with Crippen molar-refractivity contribution in [3.05, 3.63) is 54.6 Å². The number of carbonyl (C=O) groups is 2. The highest BCUT2D eigenvalue weighted by atomic mass is 16.5. The number of hydrogen-bond donors (Lipinski definition) is 2. The van der Waals surface area contributed by atoms with Crippen LogP contribution in [0.5, 0.6) is 11.5 Å². The smallest absolute Gasteiger partial charge is 0.224 e. The van der Waals surface area contributed by atoms with E-state index in [1.54, 1.807) is 24.3 Å². The lowest BCUT2D eigenvalue weighted by Crippen LogP contribution is -2.43. The molecular formula is C24H30N2O3. The van der Waals surface area contributed by atoms with Gasteiger partial charge in [0.1, 0.15) is 11.5 Å². The zero-order chi connectivity index (χ0) is 20.6. The largest absolute Gasteiger partial charge is 0.457 e. The third-order valence-electron chi connectivity index (χ3n) is 5.75. The van der Waals surface area contributed by atoms with Crippen LogP contribution in [0.25, 0.3) is 0 Å². The fourth-order valence-electron chi connectivity index (χ4n) is 3.75. The van der Waals surface area contributed by atoms with Gasteiger partial charge in [-0.3, -0.25) is 9.59 Å². The molecular weight excluding hydrogens is 364 g/mol. The number of para-hydroxylation sites is 1. The summed E-state index contributed by atoms with van der Waals surface area (Å²) in [6.45, 7) is 4.44. The second kappa shape index (κ2) is 10.1.